The van der Waals surface area contributed by atoms with E-state index >= 15 is 0 Å². The van der Waals surface area contributed by atoms with Gasteiger partial charge >= 0.3 is 0 Å². The van der Waals surface area contributed by atoms with Crippen molar-refractivity contribution in [1.29, 1.82) is 0 Å². The van der Waals surface area contributed by atoms with Crippen LogP contribution in [0, 0.1) is 5.82 Å². The van der Waals surface area contributed by atoms with Gasteiger partial charge in [-0.15, -0.1) is 0 Å². The van der Waals surface area contributed by atoms with Crippen molar-refractivity contribution in [2.24, 2.45) is 0 Å². The molecule has 0 amide bonds. The van der Waals surface area contributed by atoms with E-state index in [2.05, 4.69) is 0 Å². The lowest BCUT2D eigenvalue weighted by molar-refractivity contribution is 0.454. The number of sulfone groups is 2. The van der Waals surface area contributed by atoms with E-state index in [4.69, 9.17) is 4.74 Å². The molecule has 33 heavy (non-hydrogen) atoms. The van der Waals surface area contributed by atoms with Crippen LogP contribution in [0.2, 0.25) is 0 Å². The molecule has 4 rings (SSSR count). The predicted molar refractivity (Wildman–Crippen MR) is 118 cm³/mol. The fourth-order valence-corrected chi connectivity index (χ4v) is 5.89. The first-order valence-corrected chi connectivity index (χ1v) is 12.6. The Kier molecular flexibility index (Phi) is 5.92. The minimum Gasteiger partial charge on any atom is -0.508 e. The molecule has 0 saturated heterocycles. The molecule has 0 spiro atoms. The van der Waals surface area contributed by atoms with Crippen LogP contribution in [0.1, 0.15) is 0 Å². The summed E-state index contributed by atoms with van der Waals surface area (Å²) in [5, 5.41) is 9.46. The molecule has 9 heteroatoms. The second-order valence-corrected chi connectivity index (χ2v) is 10.8. The average molecular weight is 485 g/mol. The van der Waals surface area contributed by atoms with E-state index in [1.165, 1.54) is 60.7 Å². The molecule has 0 aromatic heterocycles. The zero-order valence-electron chi connectivity index (χ0n) is 16.9. The SMILES string of the molecule is O=S(=O)(c1ccc(O)cc1)c1ccccc1Oc1ccccc1S(=O)(=O)c1ccc(F)cc1. The van der Waals surface area contributed by atoms with Gasteiger partial charge in [-0.1, -0.05) is 24.3 Å². The summed E-state index contributed by atoms with van der Waals surface area (Å²) in [7, 11) is -8.12. The molecule has 1 N–H and O–H groups in total. The number of rotatable bonds is 6. The molecular weight excluding hydrogens is 467 g/mol. The number of hydrogen-bond acceptors (Lipinski definition) is 6. The number of phenols is 1. The Morgan fingerprint density at radius 1 is 0.576 bits per heavy atom. The Labute approximate surface area is 190 Å². The number of halogens is 1. The maximum absolute atomic E-state index is 13.3. The van der Waals surface area contributed by atoms with Crippen LogP contribution in [0.5, 0.6) is 17.2 Å². The number of aromatic hydroxyl groups is 1. The number of phenolic OH excluding ortho intramolecular Hbond substituents is 1. The molecule has 0 radical (unpaired) electrons. The summed E-state index contributed by atoms with van der Waals surface area (Å²) in [5.74, 6) is -0.826. The first kappa shape index (κ1) is 22.5. The van der Waals surface area contributed by atoms with E-state index in [0.717, 1.165) is 24.3 Å². The van der Waals surface area contributed by atoms with Gasteiger partial charge in [0.15, 0.2) is 0 Å². The number of benzene rings is 4. The third-order valence-corrected chi connectivity index (χ3v) is 8.39. The summed E-state index contributed by atoms with van der Waals surface area (Å²) in [5.41, 5.74) is 0. The minimum atomic E-state index is -4.08. The van der Waals surface area contributed by atoms with Crippen molar-refractivity contribution in [2.45, 2.75) is 19.6 Å². The van der Waals surface area contributed by atoms with Gasteiger partial charge in [0.05, 0.1) is 9.79 Å². The molecule has 0 heterocycles. The molecule has 4 aromatic rings. The molecule has 4 aromatic carbocycles. The maximum Gasteiger partial charge on any atom is 0.210 e. The normalized spacial score (nSPS) is 11.8. The average Bonchev–Trinajstić information content (AvgIpc) is 2.80. The second kappa shape index (κ2) is 8.68. The molecule has 0 saturated carbocycles. The summed E-state index contributed by atoms with van der Waals surface area (Å²) < 4.78 is 71.7. The first-order chi connectivity index (χ1) is 15.7. The van der Waals surface area contributed by atoms with Crippen LogP contribution >= 0.6 is 0 Å². The van der Waals surface area contributed by atoms with Crippen LogP contribution in [0.4, 0.5) is 4.39 Å². The van der Waals surface area contributed by atoms with Gasteiger partial charge in [0.25, 0.3) is 0 Å². The summed E-state index contributed by atoms with van der Waals surface area (Å²) in [4.78, 5) is -0.577. The third-order valence-electron chi connectivity index (χ3n) is 4.77. The largest absolute Gasteiger partial charge is 0.508 e. The summed E-state index contributed by atoms with van der Waals surface area (Å²) in [6, 6.07) is 21.0. The van der Waals surface area contributed by atoms with Crippen molar-refractivity contribution in [3.63, 3.8) is 0 Å². The fraction of sp³-hybridized carbons (Fsp3) is 0. The van der Waals surface area contributed by atoms with E-state index in [-0.39, 0.29) is 36.8 Å². The molecular formula is C24H17FO6S2. The highest BCUT2D eigenvalue weighted by Gasteiger charge is 2.26. The molecule has 0 bridgehead atoms. The topological polar surface area (TPSA) is 97.7 Å². The van der Waals surface area contributed by atoms with Crippen molar-refractivity contribution in [3.05, 3.63) is 103 Å². The summed E-state index contributed by atoms with van der Waals surface area (Å²) >= 11 is 0. The van der Waals surface area contributed by atoms with Gasteiger partial charge in [0.2, 0.25) is 19.7 Å². The fourth-order valence-electron chi connectivity index (χ4n) is 3.12. The molecule has 0 aliphatic heterocycles. The highest BCUT2D eigenvalue weighted by atomic mass is 32.2. The van der Waals surface area contributed by atoms with Crippen LogP contribution < -0.4 is 4.74 Å². The van der Waals surface area contributed by atoms with Crippen LogP contribution in [-0.4, -0.2) is 21.9 Å². The third kappa shape index (κ3) is 4.46. The Morgan fingerprint density at radius 3 is 1.42 bits per heavy atom. The van der Waals surface area contributed by atoms with E-state index < -0.39 is 25.5 Å². The molecule has 168 valence electrons. The smallest absolute Gasteiger partial charge is 0.210 e. The summed E-state index contributed by atoms with van der Waals surface area (Å²) in [6.07, 6.45) is 0. The Bertz CT molecular complexity index is 1400. The van der Waals surface area contributed by atoms with Crippen LogP contribution in [-0.2, 0) is 19.7 Å². The van der Waals surface area contributed by atoms with Gasteiger partial charge in [-0.2, -0.15) is 0 Å². The van der Waals surface area contributed by atoms with E-state index in [0.29, 0.717) is 0 Å². The lowest BCUT2D eigenvalue weighted by Gasteiger charge is -2.15. The number of hydrogen-bond donors (Lipinski definition) is 1. The molecule has 0 unspecified atom stereocenters. The zero-order chi connectivity index (χ0) is 23.6. The zero-order valence-corrected chi connectivity index (χ0v) is 18.6. The molecule has 6 nitrogen and oxygen atoms in total. The van der Waals surface area contributed by atoms with Gasteiger partial charge in [0, 0.05) is 0 Å². The van der Waals surface area contributed by atoms with Crippen LogP contribution in [0.3, 0.4) is 0 Å². The van der Waals surface area contributed by atoms with Crippen LogP contribution in [0.15, 0.2) is 117 Å². The standard InChI is InChI=1S/C24H17FO6S2/c25-17-9-13-19(14-10-17)32(27,28)23-7-3-1-5-21(23)31-22-6-2-4-8-24(22)33(29,30)20-15-11-18(26)12-16-20/h1-16,26H. The highest BCUT2D eigenvalue weighted by molar-refractivity contribution is 7.92. The quantitative estimate of drug-likeness (QED) is 0.387. The summed E-state index contributed by atoms with van der Waals surface area (Å²) in [6.45, 7) is 0. The lowest BCUT2D eigenvalue weighted by atomic mass is 10.3. The van der Waals surface area contributed by atoms with Gasteiger partial charge < -0.3 is 9.84 Å². The van der Waals surface area contributed by atoms with Crippen molar-refractivity contribution in [1.82, 2.24) is 0 Å². The molecule has 0 atom stereocenters. The van der Waals surface area contributed by atoms with E-state index in [9.17, 15) is 26.3 Å². The first-order valence-electron chi connectivity index (χ1n) is 9.60. The van der Waals surface area contributed by atoms with Crippen LogP contribution in [0.25, 0.3) is 0 Å². The van der Waals surface area contributed by atoms with Crippen molar-refractivity contribution in [3.8, 4) is 17.2 Å². The number of ether oxygens (including phenoxy) is 1. The number of para-hydroxylation sites is 2. The van der Waals surface area contributed by atoms with Gasteiger partial charge in [-0.3, -0.25) is 0 Å². The van der Waals surface area contributed by atoms with Crippen molar-refractivity contribution in [2.75, 3.05) is 0 Å². The van der Waals surface area contributed by atoms with Crippen molar-refractivity contribution < 1.29 is 31.1 Å². The second-order valence-electron chi connectivity index (χ2n) is 6.95. The Balaban J connectivity index is 1.78. The van der Waals surface area contributed by atoms with Gasteiger partial charge in [-0.25, -0.2) is 21.2 Å². The van der Waals surface area contributed by atoms with Gasteiger partial charge in [0.1, 0.15) is 32.9 Å². The highest BCUT2D eigenvalue weighted by Crippen LogP contribution is 2.37. The monoisotopic (exact) mass is 484 g/mol. The van der Waals surface area contributed by atoms with E-state index in [1.54, 1.807) is 12.1 Å². The van der Waals surface area contributed by atoms with E-state index in [1.807, 2.05) is 0 Å². The predicted octanol–water partition coefficient (Wildman–Crippen LogP) is 4.99. The Hall–Kier alpha value is -3.69. The molecule has 0 aliphatic carbocycles. The minimum absolute atomic E-state index is 0.0661. The maximum atomic E-state index is 13.3. The lowest BCUT2D eigenvalue weighted by Crippen LogP contribution is -2.06. The van der Waals surface area contributed by atoms with Gasteiger partial charge in [-0.05, 0) is 72.8 Å². The van der Waals surface area contributed by atoms with Crippen molar-refractivity contribution >= 4 is 19.7 Å². The molecule has 0 fully saturated rings. The Morgan fingerprint density at radius 2 is 0.970 bits per heavy atom. The molecule has 0 aliphatic rings.